The van der Waals surface area contributed by atoms with Crippen LogP contribution in [0.25, 0.3) is 0 Å². The Morgan fingerprint density at radius 3 is 2.38 bits per heavy atom. The molecular weight excluding hydrogens is 238 g/mol. The second-order valence-electron chi connectivity index (χ2n) is 2.76. The molecule has 0 saturated carbocycles. The third-order valence-corrected chi connectivity index (χ3v) is 2.09. The largest absolute Gasteiger partial charge is 0.493 e. The molecule has 0 N–H and O–H groups in total. The first-order valence-corrected chi connectivity index (χ1v) is 4.49. The van der Waals surface area contributed by atoms with Gasteiger partial charge in [-0.3, -0.25) is 14.9 Å². The summed E-state index contributed by atoms with van der Waals surface area (Å²) in [5, 5.41) is 9.75. The van der Waals surface area contributed by atoms with E-state index in [1.807, 2.05) is 0 Å². The molecular formula is C9H8ClNO5. The predicted molar refractivity (Wildman–Crippen MR) is 56.4 cm³/mol. The zero-order chi connectivity index (χ0) is 12.3. The molecule has 0 heterocycles. The molecule has 86 valence electrons. The minimum absolute atomic E-state index is 0.0769. The number of carbonyl (C=O) groups excluding carboxylic acids is 1. The van der Waals surface area contributed by atoms with Crippen molar-refractivity contribution in [3.8, 4) is 11.5 Å². The molecule has 0 aromatic heterocycles. The molecule has 0 saturated heterocycles. The maximum atomic E-state index is 11.1. The molecule has 1 aromatic rings. The minimum Gasteiger partial charge on any atom is -0.493 e. The van der Waals surface area contributed by atoms with Crippen molar-refractivity contribution in [3.63, 3.8) is 0 Å². The van der Waals surface area contributed by atoms with Crippen LogP contribution in [0.1, 0.15) is 10.4 Å². The van der Waals surface area contributed by atoms with Gasteiger partial charge in [0.2, 0.25) is 0 Å². The third-order valence-electron chi connectivity index (χ3n) is 1.89. The van der Waals surface area contributed by atoms with Crippen LogP contribution in [0, 0.1) is 10.1 Å². The van der Waals surface area contributed by atoms with Crippen LogP contribution in [-0.4, -0.2) is 24.4 Å². The summed E-state index contributed by atoms with van der Waals surface area (Å²) in [6.07, 6.45) is 0. The number of non-ortho nitro benzene ring substituents is 1. The molecule has 0 fully saturated rings. The van der Waals surface area contributed by atoms with Gasteiger partial charge < -0.3 is 9.47 Å². The Labute approximate surface area is 95.9 Å². The number of methoxy groups -OCH3 is 2. The molecule has 0 radical (unpaired) electrons. The fourth-order valence-corrected chi connectivity index (χ4v) is 1.34. The van der Waals surface area contributed by atoms with E-state index in [0.717, 1.165) is 12.1 Å². The fourth-order valence-electron chi connectivity index (χ4n) is 1.20. The number of nitro benzene ring substituents is 1. The maximum absolute atomic E-state index is 11.1. The van der Waals surface area contributed by atoms with Crippen LogP contribution in [-0.2, 0) is 0 Å². The van der Waals surface area contributed by atoms with E-state index in [1.165, 1.54) is 14.2 Å². The summed E-state index contributed by atoms with van der Waals surface area (Å²) in [6, 6.07) is 2.19. The Hall–Kier alpha value is -1.82. The van der Waals surface area contributed by atoms with Crippen molar-refractivity contribution in [1.29, 1.82) is 0 Å². The predicted octanol–water partition coefficient (Wildman–Crippen LogP) is 1.99. The van der Waals surface area contributed by atoms with Gasteiger partial charge in [-0.1, -0.05) is 0 Å². The van der Waals surface area contributed by atoms with Gasteiger partial charge in [0.15, 0.2) is 11.5 Å². The van der Waals surface area contributed by atoms with Crippen LogP contribution in [0.4, 0.5) is 5.69 Å². The Kier molecular flexibility index (Phi) is 3.68. The minimum atomic E-state index is -0.848. The van der Waals surface area contributed by atoms with E-state index in [2.05, 4.69) is 0 Å². The molecule has 7 heteroatoms. The zero-order valence-electron chi connectivity index (χ0n) is 8.52. The molecule has 16 heavy (non-hydrogen) atoms. The second kappa shape index (κ2) is 4.80. The maximum Gasteiger partial charge on any atom is 0.274 e. The number of nitro groups is 1. The van der Waals surface area contributed by atoms with Crippen LogP contribution in [0.2, 0.25) is 0 Å². The lowest BCUT2D eigenvalue weighted by Crippen LogP contribution is -2.01. The van der Waals surface area contributed by atoms with Gasteiger partial charge in [-0.25, -0.2) is 0 Å². The Morgan fingerprint density at radius 1 is 1.38 bits per heavy atom. The average molecular weight is 246 g/mol. The highest BCUT2D eigenvalue weighted by atomic mass is 35.5. The number of hydrogen-bond acceptors (Lipinski definition) is 5. The van der Waals surface area contributed by atoms with E-state index in [9.17, 15) is 14.9 Å². The second-order valence-corrected chi connectivity index (χ2v) is 3.10. The normalized spacial score (nSPS) is 9.69. The highest BCUT2D eigenvalue weighted by Crippen LogP contribution is 2.36. The Balaban J connectivity index is 3.49. The molecule has 0 bridgehead atoms. The first kappa shape index (κ1) is 12.3. The lowest BCUT2D eigenvalue weighted by atomic mass is 10.1. The number of nitrogens with zero attached hydrogens (tertiary/aromatic N) is 1. The standard InChI is InChI=1S/C9H8ClNO5/c1-15-7-4-5(11(13)14)3-6(9(10)12)8(7)16-2/h3-4H,1-2H3. The van der Waals surface area contributed by atoms with E-state index < -0.39 is 10.2 Å². The lowest BCUT2D eigenvalue weighted by molar-refractivity contribution is -0.385. The van der Waals surface area contributed by atoms with Gasteiger partial charge in [-0.15, -0.1) is 0 Å². The molecule has 0 spiro atoms. The molecule has 1 rings (SSSR count). The fraction of sp³-hybridized carbons (Fsp3) is 0.222. The van der Waals surface area contributed by atoms with Gasteiger partial charge >= 0.3 is 0 Å². The van der Waals surface area contributed by atoms with Gasteiger partial charge in [-0.05, 0) is 11.6 Å². The quantitative estimate of drug-likeness (QED) is 0.460. The summed E-state index contributed by atoms with van der Waals surface area (Å²) in [7, 11) is 2.62. The van der Waals surface area contributed by atoms with E-state index in [0.29, 0.717) is 0 Å². The van der Waals surface area contributed by atoms with Crippen molar-refractivity contribution in [1.82, 2.24) is 0 Å². The molecule has 0 aliphatic rings. The van der Waals surface area contributed by atoms with Crippen LogP contribution in [0.5, 0.6) is 11.5 Å². The number of benzene rings is 1. The van der Waals surface area contributed by atoms with E-state index >= 15 is 0 Å². The average Bonchev–Trinajstić information content (AvgIpc) is 2.26. The number of ether oxygens (including phenoxy) is 2. The molecule has 1 aromatic carbocycles. The van der Waals surface area contributed by atoms with Crippen molar-refractivity contribution in [2.45, 2.75) is 0 Å². The summed E-state index contributed by atoms with van der Waals surface area (Å²) in [5.41, 5.74) is -0.392. The van der Waals surface area contributed by atoms with Gasteiger partial charge in [0.05, 0.1) is 30.8 Å². The smallest absolute Gasteiger partial charge is 0.274 e. The highest BCUT2D eigenvalue weighted by molar-refractivity contribution is 6.68. The Morgan fingerprint density at radius 2 is 2.00 bits per heavy atom. The molecule has 0 atom stereocenters. The van der Waals surface area contributed by atoms with Gasteiger partial charge in [-0.2, -0.15) is 0 Å². The number of halogens is 1. The first-order valence-electron chi connectivity index (χ1n) is 4.11. The number of carbonyl (C=O) groups is 1. The zero-order valence-corrected chi connectivity index (χ0v) is 9.28. The van der Waals surface area contributed by atoms with Crippen molar-refractivity contribution < 1.29 is 19.2 Å². The summed E-state index contributed by atoms with van der Waals surface area (Å²) in [4.78, 5) is 21.0. The summed E-state index contributed by atoms with van der Waals surface area (Å²) >= 11 is 5.30. The SMILES string of the molecule is COc1cc([N+](=O)[O-])cc(C(=O)Cl)c1OC. The van der Waals surface area contributed by atoms with Gasteiger partial charge in [0.25, 0.3) is 10.9 Å². The van der Waals surface area contributed by atoms with Crippen molar-refractivity contribution in [2.24, 2.45) is 0 Å². The molecule has 0 amide bonds. The van der Waals surface area contributed by atoms with E-state index in [-0.39, 0.29) is 22.7 Å². The lowest BCUT2D eigenvalue weighted by Gasteiger charge is -2.09. The summed E-state index contributed by atoms with van der Waals surface area (Å²) in [6.45, 7) is 0. The van der Waals surface area contributed by atoms with Crippen molar-refractivity contribution in [3.05, 3.63) is 27.8 Å². The third kappa shape index (κ3) is 2.22. The topological polar surface area (TPSA) is 78.7 Å². The molecule has 0 aliphatic heterocycles. The van der Waals surface area contributed by atoms with Crippen LogP contribution >= 0.6 is 11.6 Å². The first-order chi connectivity index (χ1) is 7.51. The summed E-state index contributed by atoms with van der Waals surface area (Å²) in [5.74, 6) is 0.161. The molecule has 0 unspecified atom stereocenters. The molecule has 6 nitrogen and oxygen atoms in total. The van der Waals surface area contributed by atoms with E-state index in [4.69, 9.17) is 21.1 Å². The van der Waals surface area contributed by atoms with Crippen molar-refractivity contribution in [2.75, 3.05) is 14.2 Å². The van der Waals surface area contributed by atoms with E-state index in [1.54, 1.807) is 0 Å². The van der Waals surface area contributed by atoms with Crippen LogP contribution < -0.4 is 9.47 Å². The monoisotopic (exact) mass is 245 g/mol. The molecule has 0 aliphatic carbocycles. The van der Waals surface area contributed by atoms with Crippen LogP contribution in [0.3, 0.4) is 0 Å². The van der Waals surface area contributed by atoms with Gasteiger partial charge in [0.1, 0.15) is 0 Å². The number of rotatable bonds is 4. The Bertz CT molecular complexity index is 446. The number of hydrogen-bond donors (Lipinski definition) is 0. The highest BCUT2D eigenvalue weighted by Gasteiger charge is 2.21. The van der Waals surface area contributed by atoms with Crippen molar-refractivity contribution >= 4 is 22.5 Å². The van der Waals surface area contributed by atoms with Crippen LogP contribution in [0.15, 0.2) is 12.1 Å². The summed E-state index contributed by atoms with van der Waals surface area (Å²) < 4.78 is 9.79. The van der Waals surface area contributed by atoms with Gasteiger partial charge in [0, 0.05) is 6.07 Å².